The van der Waals surface area contributed by atoms with Crippen LogP contribution in [0.4, 0.5) is 9.93 Å². The molecule has 3 aliphatic heterocycles. The summed E-state index contributed by atoms with van der Waals surface area (Å²) < 4.78 is 0. The Morgan fingerprint density at radius 2 is 1.89 bits per heavy atom. The van der Waals surface area contributed by atoms with Crippen LogP contribution in [0.3, 0.4) is 0 Å². The van der Waals surface area contributed by atoms with Gasteiger partial charge in [0.05, 0.1) is 23.5 Å². The minimum atomic E-state index is -0.284. The van der Waals surface area contributed by atoms with Crippen LogP contribution in [0.5, 0.6) is 0 Å². The molecule has 3 saturated heterocycles. The van der Waals surface area contributed by atoms with Gasteiger partial charge in [0.15, 0.2) is 5.13 Å². The van der Waals surface area contributed by atoms with Crippen LogP contribution in [0, 0.1) is 5.41 Å². The Labute approximate surface area is 223 Å². The second-order valence-corrected chi connectivity index (χ2v) is 11.0. The van der Waals surface area contributed by atoms with Crippen LogP contribution in [0.25, 0.3) is 0 Å². The highest BCUT2D eigenvalue weighted by atomic mass is 32.1. The highest BCUT2D eigenvalue weighted by molar-refractivity contribution is 7.14. The number of fused-ring (bicyclic) bond motifs is 1. The number of aromatic nitrogens is 1. The van der Waals surface area contributed by atoms with Crippen molar-refractivity contribution in [3.63, 3.8) is 0 Å². The molecule has 0 bridgehead atoms. The summed E-state index contributed by atoms with van der Waals surface area (Å²) in [6, 6.07) is -0.275. The third-order valence-electron chi connectivity index (χ3n) is 8.18. The largest absolute Gasteiger partial charge is 0.370 e. The minimum Gasteiger partial charge on any atom is -0.370 e. The number of likely N-dealkylation sites (N-methyl/N-ethyl adjacent to an activating group) is 1. The van der Waals surface area contributed by atoms with Gasteiger partial charge in [-0.2, -0.15) is 0 Å². The van der Waals surface area contributed by atoms with Gasteiger partial charge in [-0.15, -0.1) is 11.3 Å². The maximum Gasteiger partial charge on any atom is 0.327 e. The standard InChI is InChI=1S/C28H36N6O2S/c1-4-8-22(33-17-13-28(14-18-33)11-15-29-16-12-28)20(5-2)30-25(35)21-19-37-26(31-21)34-24-10-7-6-9-23(24)32(3)27(34)36/h4-10,19,23-24,29H,1,11-18H2,2-3H3,(H,30,35)/b20-5+,22-8+. The van der Waals surface area contributed by atoms with Crippen molar-refractivity contribution in [1.82, 2.24) is 25.4 Å². The normalized spacial score (nSPS) is 25.6. The summed E-state index contributed by atoms with van der Waals surface area (Å²) in [5, 5.41) is 8.81. The van der Waals surface area contributed by atoms with Crippen LogP contribution in [0.15, 0.2) is 65.9 Å². The second-order valence-electron chi connectivity index (χ2n) is 10.2. The topological polar surface area (TPSA) is 80.8 Å². The number of anilines is 1. The molecule has 3 amide bonds. The highest BCUT2D eigenvalue weighted by Gasteiger charge is 2.44. The third-order valence-corrected chi connectivity index (χ3v) is 9.02. The fourth-order valence-electron chi connectivity index (χ4n) is 5.92. The van der Waals surface area contributed by atoms with E-state index in [0.29, 0.717) is 16.2 Å². The van der Waals surface area contributed by atoms with Crippen LogP contribution in [0.2, 0.25) is 0 Å². The number of rotatable bonds is 6. The number of piperidine rings is 2. The number of thiazole rings is 1. The second kappa shape index (κ2) is 10.7. The lowest BCUT2D eigenvalue weighted by atomic mass is 9.71. The lowest BCUT2D eigenvalue weighted by molar-refractivity contribution is 0.0895. The third kappa shape index (κ3) is 4.90. The van der Waals surface area contributed by atoms with Crippen molar-refractivity contribution in [3.8, 4) is 0 Å². The molecule has 3 fully saturated rings. The Morgan fingerprint density at radius 3 is 2.57 bits per heavy atom. The van der Waals surface area contributed by atoms with Crippen molar-refractivity contribution in [2.45, 2.75) is 44.7 Å². The number of hydrogen-bond acceptors (Lipinski definition) is 6. The smallest absolute Gasteiger partial charge is 0.327 e. The molecule has 4 heterocycles. The quantitative estimate of drug-likeness (QED) is 0.554. The van der Waals surface area contributed by atoms with Gasteiger partial charge in [0, 0.05) is 25.5 Å². The molecule has 0 aromatic carbocycles. The number of carbonyl (C=O) groups excluding carboxylic acids is 2. The van der Waals surface area contributed by atoms with Gasteiger partial charge in [0.25, 0.3) is 5.91 Å². The van der Waals surface area contributed by atoms with E-state index < -0.39 is 0 Å². The van der Waals surface area contributed by atoms with Gasteiger partial charge in [-0.25, -0.2) is 9.78 Å². The summed E-state index contributed by atoms with van der Waals surface area (Å²) >= 11 is 1.31. The molecule has 1 aromatic heterocycles. The van der Waals surface area contributed by atoms with E-state index in [1.54, 1.807) is 28.3 Å². The van der Waals surface area contributed by atoms with E-state index in [0.717, 1.165) is 50.4 Å². The zero-order valence-electron chi connectivity index (χ0n) is 21.7. The fourth-order valence-corrected chi connectivity index (χ4v) is 6.76. The van der Waals surface area contributed by atoms with E-state index in [-0.39, 0.29) is 24.0 Å². The molecule has 2 unspecified atom stereocenters. The van der Waals surface area contributed by atoms with Gasteiger partial charge in [-0.05, 0) is 57.2 Å². The fraction of sp³-hybridized carbons (Fsp3) is 0.464. The van der Waals surface area contributed by atoms with Gasteiger partial charge >= 0.3 is 6.03 Å². The first kappa shape index (κ1) is 25.5. The predicted octanol–water partition coefficient (Wildman–Crippen LogP) is 4.05. The Morgan fingerprint density at radius 1 is 1.19 bits per heavy atom. The van der Waals surface area contributed by atoms with E-state index in [1.807, 2.05) is 43.4 Å². The van der Waals surface area contributed by atoms with Crippen LogP contribution >= 0.6 is 11.3 Å². The number of urea groups is 1. The van der Waals surface area contributed by atoms with E-state index in [4.69, 9.17) is 0 Å². The number of allylic oxidation sites excluding steroid dienone is 5. The molecule has 1 aliphatic carbocycles. The zero-order valence-corrected chi connectivity index (χ0v) is 22.5. The number of likely N-dealkylation sites (tertiary alicyclic amines) is 1. The van der Waals surface area contributed by atoms with Crippen LogP contribution in [-0.2, 0) is 0 Å². The number of carbonyl (C=O) groups is 2. The van der Waals surface area contributed by atoms with Crippen molar-refractivity contribution in [3.05, 3.63) is 71.6 Å². The highest BCUT2D eigenvalue weighted by Crippen LogP contribution is 2.41. The first-order valence-electron chi connectivity index (χ1n) is 13.1. The average molecular weight is 521 g/mol. The molecule has 5 rings (SSSR count). The number of nitrogens with one attached hydrogen (secondary N) is 2. The van der Waals surface area contributed by atoms with Gasteiger partial charge in [0.2, 0.25) is 0 Å². The summed E-state index contributed by atoms with van der Waals surface area (Å²) in [5.74, 6) is -0.284. The molecule has 8 nitrogen and oxygen atoms in total. The predicted molar refractivity (Wildman–Crippen MR) is 148 cm³/mol. The molecular formula is C28H36N6O2S. The van der Waals surface area contributed by atoms with Crippen LogP contribution in [-0.4, -0.2) is 72.0 Å². The molecule has 1 spiro atoms. The van der Waals surface area contributed by atoms with Crippen molar-refractivity contribution in [2.75, 3.05) is 38.1 Å². The first-order valence-corrected chi connectivity index (χ1v) is 14.0. The van der Waals surface area contributed by atoms with Gasteiger partial charge in [0.1, 0.15) is 5.69 Å². The summed E-state index contributed by atoms with van der Waals surface area (Å²) in [7, 11) is 1.80. The Kier molecular flexibility index (Phi) is 7.35. The Bertz CT molecular complexity index is 1170. The monoisotopic (exact) mass is 520 g/mol. The van der Waals surface area contributed by atoms with Crippen LogP contribution in [0.1, 0.15) is 43.1 Å². The maximum atomic E-state index is 13.3. The number of amides is 3. The van der Waals surface area contributed by atoms with Gasteiger partial charge in [-0.1, -0.05) is 43.0 Å². The summed E-state index contributed by atoms with van der Waals surface area (Å²) in [6.45, 7) is 9.98. The summed E-state index contributed by atoms with van der Waals surface area (Å²) in [4.78, 5) is 36.5. The van der Waals surface area contributed by atoms with E-state index in [2.05, 4.69) is 27.1 Å². The average Bonchev–Trinajstić information content (AvgIpc) is 3.50. The minimum absolute atomic E-state index is 0.0338. The summed E-state index contributed by atoms with van der Waals surface area (Å²) in [6.07, 6.45) is 18.4. The number of nitrogens with zero attached hydrogens (tertiary/aromatic N) is 4. The Balaban J connectivity index is 1.28. The molecule has 2 atom stereocenters. The maximum absolute atomic E-state index is 13.3. The molecule has 0 radical (unpaired) electrons. The molecule has 4 aliphatic rings. The van der Waals surface area contributed by atoms with E-state index in [1.165, 1.54) is 24.2 Å². The van der Waals surface area contributed by atoms with Gasteiger partial charge in [-0.3, -0.25) is 9.69 Å². The summed E-state index contributed by atoms with van der Waals surface area (Å²) in [5.41, 5.74) is 2.47. The first-order chi connectivity index (χ1) is 18.0. The van der Waals surface area contributed by atoms with Crippen molar-refractivity contribution >= 4 is 28.4 Å². The van der Waals surface area contributed by atoms with Crippen molar-refractivity contribution < 1.29 is 9.59 Å². The van der Waals surface area contributed by atoms with E-state index >= 15 is 0 Å². The molecule has 2 N–H and O–H groups in total. The molecule has 196 valence electrons. The van der Waals surface area contributed by atoms with Crippen LogP contribution < -0.4 is 15.5 Å². The molecule has 9 heteroatoms. The number of hydrogen-bond donors (Lipinski definition) is 2. The lowest BCUT2D eigenvalue weighted by Crippen LogP contribution is -2.46. The lowest BCUT2D eigenvalue weighted by Gasteiger charge is -2.46. The molecular weight excluding hydrogens is 484 g/mol. The zero-order chi connectivity index (χ0) is 26.0. The van der Waals surface area contributed by atoms with Gasteiger partial charge < -0.3 is 20.4 Å². The van der Waals surface area contributed by atoms with Crippen molar-refractivity contribution in [2.24, 2.45) is 5.41 Å². The molecule has 0 saturated carbocycles. The van der Waals surface area contributed by atoms with E-state index in [9.17, 15) is 9.59 Å². The SMILES string of the molecule is C=C/C=C(\C(=C/C)NC(=O)c1csc(N2C(=O)N(C)C3C=CC=CC32)n1)N1CCC2(CCNCC2)CC1. The Hall–Kier alpha value is -3.17. The molecule has 1 aromatic rings. The van der Waals surface area contributed by atoms with Crippen molar-refractivity contribution in [1.29, 1.82) is 0 Å². The molecule has 37 heavy (non-hydrogen) atoms.